The predicted octanol–water partition coefficient (Wildman–Crippen LogP) is 3.30. The van der Waals surface area contributed by atoms with Crippen molar-refractivity contribution in [2.75, 3.05) is 5.73 Å². The Morgan fingerprint density at radius 2 is 2.06 bits per heavy atom. The molecule has 0 bridgehead atoms. The molecule has 0 saturated carbocycles. The summed E-state index contributed by atoms with van der Waals surface area (Å²) in [6, 6.07) is 4.68. The quantitative estimate of drug-likeness (QED) is 0.904. The third-order valence-corrected chi connectivity index (χ3v) is 3.09. The molecule has 18 heavy (non-hydrogen) atoms. The third-order valence-electron chi connectivity index (χ3n) is 3.09. The van der Waals surface area contributed by atoms with Crippen LogP contribution in [0.15, 0.2) is 18.2 Å². The highest BCUT2D eigenvalue weighted by Crippen LogP contribution is 2.29. The average molecular weight is 247 g/mol. The summed E-state index contributed by atoms with van der Waals surface area (Å²) in [4.78, 5) is 4.51. The van der Waals surface area contributed by atoms with Crippen molar-refractivity contribution in [1.82, 2.24) is 9.55 Å². The molecule has 2 aromatic rings. The minimum Gasteiger partial charge on any atom is -0.383 e. The first-order valence-electron chi connectivity index (χ1n) is 6.13. The molecule has 0 spiro atoms. The zero-order valence-electron chi connectivity index (χ0n) is 11.0. The summed E-state index contributed by atoms with van der Waals surface area (Å²) < 4.78 is 15.1. The van der Waals surface area contributed by atoms with Gasteiger partial charge in [0.1, 0.15) is 23.2 Å². The van der Waals surface area contributed by atoms with Crippen LogP contribution in [0.5, 0.6) is 0 Å². The molecule has 0 radical (unpaired) electrons. The summed E-state index contributed by atoms with van der Waals surface area (Å²) in [7, 11) is 0. The Kier molecular flexibility index (Phi) is 3.36. The molecule has 0 aliphatic heterocycles. The van der Waals surface area contributed by atoms with Gasteiger partial charge in [0.15, 0.2) is 0 Å². The molecule has 1 heterocycles. The van der Waals surface area contributed by atoms with E-state index >= 15 is 0 Å². The lowest BCUT2D eigenvalue weighted by atomic mass is 10.1. The van der Waals surface area contributed by atoms with Gasteiger partial charge in [-0.15, -0.1) is 0 Å². The zero-order chi connectivity index (χ0) is 13.3. The Hall–Kier alpha value is -1.84. The molecule has 4 heteroatoms. The molecule has 0 saturated heterocycles. The maximum Gasteiger partial charge on any atom is 0.131 e. The molecule has 96 valence electrons. The second-order valence-electron chi connectivity index (χ2n) is 4.50. The Morgan fingerprint density at radius 3 is 2.67 bits per heavy atom. The smallest absolute Gasteiger partial charge is 0.131 e. The molecule has 1 aromatic heterocycles. The van der Waals surface area contributed by atoms with E-state index in [1.54, 1.807) is 6.07 Å². The fourth-order valence-corrected chi connectivity index (χ4v) is 2.18. The van der Waals surface area contributed by atoms with Gasteiger partial charge in [-0.2, -0.15) is 0 Å². The number of hydrogen-bond donors (Lipinski definition) is 1. The van der Waals surface area contributed by atoms with E-state index in [0.717, 1.165) is 35.6 Å². The number of nitrogens with two attached hydrogens (primary N) is 1. The largest absolute Gasteiger partial charge is 0.383 e. The summed E-state index contributed by atoms with van der Waals surface area (Å²) in [5.41, 5.74) is 8.63. The van der Waals surface area contributed by atoms with Crippen molar-refractivity contribution in [3.05, 3.63) is 35.4 Å². The van der Waals surface area contributed by atoms with Crippen molar-refractivity contribution in [1.29, 1.82) is 0 Å². The van der Waals surface area contributed by atoms with Gasteiger partial charge >= 0.3 is 0 Å². The van der Waals surface area contributed by atoms with E-state index in [1.165, 1.54) is 12.1 Å². The van der Waals surface area contributed by atoms with Gasteiger partial charge in [-0.05, 0) is 44.0 Å². The van der Waals surface area contributed by atoms with Crippen molar-refractivity contribution in [3.8, 4) is 11.3 Å². The van der Waals surface area contributed by atoms with E-state index in [2.05, 4.69) is 11.9 Å². The van der Waals surface area contributed by atoms with Crippen LogP contribution >= 0.6 is 0 Å². The number of benzene rings is 1. The van der Waals surface area contributed by atoms with Crippen LogP contribution in [0.1, 0.15) is 24.7 Å². The molecule has 0 amide bonds. The Labute approximate surface area is 106 Å². The zero-order valence-corrected chi connectivity index (χ0v) is 11.0. The van der Waals surface area contributed by atoms with Crippen LogP contribution in [0.4, 0.5) is 10.2 Å². The first-order valence-corrected chi connectivity index (χ1v) is 6.13. The van der Waals surface area contributed by atoms with Crippen molar-refractivity contribution >= 4 is 5.82 Å². The number of aromatic nitrogens is 2. The van der Waals surface area contributed by atoms with Gasteiger partial charge in [0, 0.05) is 12.1 Å². The van der Waals surface area contributed by atoms with Crippen molar-refractivity contribution < 1.29 is 4.39 Å². The van der Waals surface area contributed by atoms with Gasteiger partial charge in [-0.1, -0.05) is 6.92 Å². The van der Waals surface area contributed by atoms with Crippen LogP contribution in [0.25, 0.3) is 11.3 Å². The van der Waals surface area contributed by atoms with Crippen LogP contribution in [0.3, 0.4) is 0 Å². The van der Waals surface area contributed by atoms with Crippen molar-refractivity contribution in [2.45, 2.75) is 33.7 Å². The average Bonchev–Trinajstić information content (AvgIpc) is 2.58. The predicted molar refractivity (Wildman–Crippen MR) is 71.8 cm³/mol. The molecule has 2 rings (SSSR count). The molecule has 0 aliphatic rings. The van der Waals surface area contributed by atoms with Gasteiger partial charge < -0.3 is 10.3 Å². The number of rotatable bonds is 3. The Bertz CT molecular complexity index is 573. The monoisotopic (exact) mass is 247 g/mol. The normalized spacial score (nSPS) is 10.9. The Balaban J connectivity index is 2.54. The highest BCUT2D eigenvalue weighted by molar-refractivity contribution is 5.73. The molecule has 0 unspecified atom stereocenters. The van der Waals surface area contributed by atoms with Crippen molar-refractivity contribution in [2.24, 2.45) is 0 Å². The maximum atomic E-state index is 13.1. The van der Waals surface area contributed by atoms with Gasteiger partial charge in [0.05, 0.1) is 0 Å². The lowest BCUT2D eigenvalue weighted by Gasteiger charge is -2.07. The van der Waals surface area contributed by atoms with Crippen LogP contribution in [-0.2, 0) is 6.54 Å². The molecule has 3 nitrogen and oxygen atoms in total. The molecule has 2 N–H and O–H groups in total. The summed E-state index contributed by atoms with van der Waals surface area (Å²) in [6.45, 7) is 6.76. The number of anilines is 1. The fourth-order valence-electron chi connectivity index (χ4n) is 2.18. The Morgan fingerprint density at radius 1 is 1.33 bits per heavy atom. The van der Waals surface area contributed by atoms with Gasteiger partial charge in [-0.25, -0.2) is 9.37 Å². The standard InChI is InChI=1S/C14H18FN3/c1-4-7-18-10(3)17-13(14(18)16)12-6-5-11(15)8-9(12)2/h5-6,8H,4,7,16H2,1-3H3. The first-order chi connectivity index (χ1) is 8.54. The molecule has 0 atom stereocenters. The summed E-state index contributed by atoms with van der Waals surface area (Å²) in [5, 5.41) is 0. The molecule has 0 fully saturated rings. The van der Waals surface area contributed by atoms with E-state index < -0.39 is 0 Å². The summed E-state index contributed by atoms with van der Waals surface area (Å²) in [6.07, 6.45) is 1.00. The van der Waals surface area contributed by atoms with Crippen LogP contribution in [0, 0.1) is 19.7 Å². The number of hydrogen-bond acceptors (Lipinski definition) is 2. The lowest BCUT2D eigenvalue weighted by molar-refractivity contribution is 0.627. The number of nitrogen functional groups attached to an aromatic ring is 1. The first kappa shape index (κ1) is 12.6. The molecular formula is C14H18FN3. The van der Waals surface area contributed by atoms with Crippen LogP contribution in [0.2, 0.25) is 0 Å². The fraction of sp³-hybridized carbons (Fsp3) is 0.357. The summed E-state index contributed by atoms with van der Waals surface area (Å²) in [5.74, 6) is 1.32. The number of nitrogens with zero attached hydrogens (tertiary/aromatic N) is 2. The third kappa shape index (κ3) is 2.10. The highest BCUT2D eigenvalue weighted by Gasteiger charge is 2.14. The SMILES string of the molecule is CCCn1c(C)nc(-c2ccc(F)cc2C)c1N. The lowest BCUT2D eigenvalue weighted by Crippen LogP contribution is -2.04. The second-order valence-corrected chi connectivity index (χ2v) is 4.50. The number of aryl methyl sites for hydroxylation is 2. The van der Waals surface area contributed by atoms with E-state index in [1.807, 2.05) is 18.4 Å². The topological polar surface area (TPSA) is 43.8 Å². The van der Waals surface area contributed by atoms with E-state index in [4.69, 9.17) is 5.73 Å². The maximum absolute atomic E-state index is 13.1. The van der Waals surface area contributed by atoms with E-state index in [9.17, 15) is 4.39 Å². The van der Waals surface area contributed by atoms with Gasteiger partial charge in [0.2, 0.25) is 0 Å². The number of halogens is 1. The van der Waals surface area contributed by atoms with Gasteiger partial charge in [0.25, 0.3) is 0 Å². The highest BCUT2D eigenvalue weighted by atomic mass is 19.1. The second kappa shape index (κ2) is 4.80. The van der Waals surface area contributed by atoms with E-state index in [-0.39, 0.29) is 5.82 Å². The summed E-state index contributed by atoms with van der Waals surface area (Å²) >= 11 is 0. The van der Waals surface area contributed by atoms with Crippen molar-refractivity contribution in [3.63, 3.8) is 0 Å². The van der Waals surface area contributed by atoms with Crippen LogP contribution < -0.4 is 5.73 Å². The van der Waals surface area contributed by atoms with Gasteiger partial charge in [-0.3, -0.25) is 0 Å². The molecular weight excluding hydrogens is 229 g/mol. The molecule has 0 aliphatic carbocycles. The van der Waals surface area contributed by atoms with Crippen LogP contribution in [-0.4, -0.2) is 9.55 Å². The van der Waals surface area contributed by atoms with E-state index in [0.29, 0.717) is 5.82 Å². The number of imidazole rings is 1. The minimum atomic E-state index is -0.237. The molecule has 1 aromatic carbocycles. The minimum absolute atomic E-state index is 0.237.